The number of halogens is 1. The maximum Gasteiger partial charge on any atom is 0.336 e. The van der Waals surface area contributed by atoms with E-state index in [2.05, 4.69) is 15.3 Å². The number of carboxylic acid groups (broad SMARTS) is 1. The van der Waals surface area contributed by atoms with Gasteiger partial charge in [-0.3, -0.25) is 4.79 Å². The minimum absolute atomic E-state index is 0.0596. The number of amides is 1. The molecule has 32 heavy (non-hydrogen) atoms. The number of rotatable bonds is 4. The summed E-state index contributed by atoms with van der Waals surface area (Å²) in [6.45, 7) is 2.34. The van der Waals surface area contributed by atoms with Gasteiger partial charge in [0.2, 0.25) is 0 Å². The lowest BCUT2D eigenvalue weighted by atomic mass is 9.95. The van der Waals surface area contributed by atoms with Crippen molar-refractivity contribution in [2.45, 2.75) is 13.3 Å². The molecule has 1 aromatic heterocycles. The normalized spacial score (nSPS) is 13.0. The summed E-state index contributed by atoms with van der Waals surface area (Å²) in [7, 11) is 0. The van der Waals surface area contributed by atoms with Crippen LogP contribution in [0.3, 0.4) is 0 Å². The summed E-state index contributed by atoms with van der Waals surface area (Å²) in [5, 5.41) is 12.7. The third kappa shape index (κ3) is 3.56. The van der Waals surface area contributed by atoms with Crippen molar-refractivity contribution in [3.8, 4) is 22.9 Å². The number of aromatic nitrogens is 2. The Labute approximate surface area is 188 Å². The molecule has 3 N–H and O–H groups in total. The lowest BCUT2D eigenvalue weighted by Crippen LogP contribution is -2.31. The second-order valence-corrected chi connectivity index (χ2v) is 8.06. The molecule has 1 aliphatic rings. The molecule has 0 bridgehead atoms. The van der Waals surface area contributed by atoms with Crippen molar-refractivity contribution in [1.29, 1.82) is 0 Å². The van der Waals surface area contributed by atoms with Crippen LogP contribution in [0.5, 0.6) is 11.8 Å². The second-order valence-electron chi connectivity index (χ2n) is 7.65. The van der Waals surface area contributed by atoms with Crippen molar-refractivity contribution in [2.75, 3.05) is 6.54 Å². The monoisotopic (exact) mass is 447 g/mol. The van der Waals surface area contributed by atoms with Crippen molar-refractivity contribution >= 4 is 34.5 Å². The highest BCUT2D eigenvalue weighted by Gasteiger charge is 2.18. The van der Waals surface area contributed by atoms with Gasteiger partial charge in [-0.25, -0.2) is 4.79 Å². The predicted molar refractivity (Wildman–Crippen MR) is 121 cm³/mol. The summed E-state index contributed by atoms with van der Waals surface area (Å²) in [4.78, 5) is 30.9. The van der Waals surface area contributed by atoms with E-state index in [1.165, 1.54) is 6.07 Å². The Morgan fingerprint density at radius 1 is 1.12 bits per heavy atom. The van der Waals surface area contributed by atoms with Crippen LogP contribution < -0.4 is 10.1 Å². The summed E-state index contributed by atoms with van der Waals surface area (Å²) >= 11 is 6.56. The first-order valence-corrected chi connectivity index (χ1v) is 10.4. The number of carbonyl (C=O) groups is 2. The van der Waals surface area contributed by atoms with Gasteiger partial charge in [-0.15, -0.1) is 0 Å². The number of fused-ring (bicyclic) bond motifs is 2. The third-order valence-electron chi connectivity index (χ3n) is 5.54. The fourth-order valence-electron chi connectivity index (χ4n) is 3.88. The minimum Gasteiger partial charge on any atom is -0.478 e. The highest BCUT2D eigenvalue weighted by molar-refractivity contribution is 6.34. The Morgan fingerprint density at radius 2 is 1.97 bits per heavy atom. The number of hydrogen-bond donors (Lipinski definition) is 3. The Bertz CT molecular complexity index is 1410. The van der Waals surface area contributed by atoms with Crippen LogP contribution >= 0.6 is 11.6 Å². The third-order valence-corrected chi connectivity index (χ3v) is 5.86. The smallest absolute Gasteiger partial charge is 0.336 e. The average Bonchev–Trinajstić information content (AvgIpc) is 3.15. The van der Waals surface area contributed by atoms with Crippen molar-refractivity contribution in [3.05, 3.63) is 75.8 Å². The van der Waals surface area contributed by atoms with Gasteiger partial charge in [0.15, 0.2) is 0 Å². The summed E-state index contributed by atoms with van der Waals surface area (Å²) < 4.78 is 5.76. The van der Waals surface area contributed by atoms with Crippen LogP contribution in [-0.2, 0) is 6.42 Å². The fraction of sp³-hybridized carbons (Fsp3) is 0.125. The Morgan fingerprint density at radius 3 is 2.78 bits per heavy atom. The topological polar surface area (TPSA) is 104 Å². The maximum absolute atomic E-state index is 12.0. The second kappa shape index (κ2) is 7.69. The SMILES string of the molecule is Cc1ccc(Oc2nc3cc(-c4ccc5c(c4)CCNC5=O)c(Cl)cc3[nH]2)cc1C(=O)O. The number of H-pyrrole nitrogens is 1. The number of ether oxygens (including phenoxy) is 1. The predicted octanol–water partition coefficient (Wildman–Crippen LogP) is 4.97. The van der Waals surface area contributed by atoms with Crippen LogP contribution in [0.4, 0.5) is 0 Å². The molecule has 0 radical (unpaired) electrons. The molecule has 0 fully saturated rings. The highest BCUT2D eigenvalue weighted by atomic mass is 35.5. The molecular weight excluding hydrogens is 430 g/mol. The number of carbonyl (C=O) groups excluding carboxylic acids is 1. The number of nitrogens with zero attached hydrogens (tertiary/aromatic N) is 1. The number of nitrogens with one attached hydrogen (secondary N) is 2. The van der Waals surface area contributed by atoms with E-state index in [0.29, 0.717) is 39.5 Å². The number of hydrogen-bond acceptors (Lipinski definition) is 4. The molecule has 1 aliphatic heterocycles. The molecule has 3 aromatic carbocycles. The number of aromatic carboxylic acids is 1. The van der Waals surface area contributed by atoms with E-state index in [4.69, 9.17) is 16.3 Å². The highest BCUT2D eigenvalue weighted by Crippen LogP contribution is 2.34. The zero-order chi connectivity index (χ0) is 22.4. The Balaban J connectivity index is 1.49. The minimum atomic E-state index is -1.02. The molecule has 160 valence electrons. The molecule has 0 atom stereocenters. The molecule has 0 saturated carbocycles. The van der Waals surface area contributed by atoms with Crippen LogP contribution in [0, 0.1) is 6.92 Å². The van der Waals surface area contributed by atoms with E-state index in [1.807, 2.05) is 24.3 Å². The van der Waals surface area contributed by atoms with E-state index < -0.39 is 5.97 Å². The molecule has 0 aliphatic carbocycles. The van der Waals surface area contributed by atoms with Crippen LogP contribution in [0.1, 0.15) is 31.8 Å². The molecule has 2 heterocycles. The van der Waals surface area contributed by atoms with Crippen molar-refractivity contribution in [1.82, 2.24) is 15.3 Å². The Kier molecular flexibility index (Phi) is 4.83. The molecule has 0 saturated heterocycles. The van der Waals surface area contributed by atoms with Gasteiger partial charge < -0.3 is 20.1 Å². The van der Waals surface area contributed by atoms with Crippen molar-refractivity contribution in [2.24, 2.45) is 0 Å². The quantitative estimate of drug-likeness (QED) is 0.409. The van der Waals surface area contributed by atoms with E-state index in [1.54, 1.807) is 25.1 Å². The van der Waals surface area contributed by atoms with E-state index >= 15 is 0 Å². The summed E-state index contributed by atoms with van der Waals surface area (Å²) in [6, 6.07) is 14.4. The first kappa shape index (κ1) is 20.1. The first-order valence-electron chi connectivity index (χ1n) is 10.0. The maximum atomic E-state index is 12.0. The van der Waals surface area contributed by atoms with Gasteiger partial charge in [0.05, 0.1) is 21.6 Å². The van der Waals surface area contributed by atoms with E-state index in [9.17, 15) is 14.7 Å². The zero-order valence-electron chi connectivity index (χ0n) is 17.0. The van der Waals surface area contributed by atoms with Crippen LogP contribution in [0.25, 0.3) is 22.2 Å². The van der Waals surface area contributed by atoms with Crippen LogP contribution in [-0.4, -0.2) is 33.5 Å². The lowest BCUT2D eigenvalue weighted by Gasteiger charge is -2.17. The summed E-state index contributed by atoms with van der Waals surface area (Å²) in [5.41, 5.74) is 5.54. The number of aryl methyl sites for hydroxylation is 1. The summed E-state index contributed by atoms with van der Waals surface area (Å²) in [6.07, 6.45) is 0.768. The molecule has 4 aromatic rings. The zero-order valence-corrected chi connectivity index (χ0v) is 17.8. The van der Waals surface area contributed by atoms with E-state index in [-0.39, 0.29) is 17.5 Å². The standard InChI is InChI=1S/C24H18ClN3O4/c1-12-2-4-15(9-17(12)23(30)31)32-24-27-20-10-18(19(25)11-21(20)28-24)13-3-5-16-14(8-13)6-7-26-22(16)29/h2-5,8-11H,6-7H2,1H3,(H,26,29)(H,27,28)(H,30,31). The molecular formula is C24H18ClN3O4. The molecule has 0 spiro atoms. The van der Waals surface area contributed by atoms with Gasteiger partial charge in [-0.1, -0.05) is 29.8 Å². The summed E-state index contributed by atoms with van der Waals surface area (Å²) in [5.74, 6) is -0.710. The first-order chi connectivity index (χ1) is 15.4. The fourth-order valence-corrected chi connectivity index (χ4v) is 4.15. The van der Waals surface area contributed by atoms with Crippen molar-refractivity contribution in [3.63, 3.8) is 0 Å². The molecule has 8 heteroatoms. The van der Waals surface area contributed by atoms with Gasteiger partial charge >= 0.3 is 5.97 Å². The number of benzene rings is 3. The van der Waals surface area contributed by atoms with Crippen LogP contribution in [0.15, 0.2) is 48.5 Å². The average molecular weight is 448 g/mol. The molecule has 0 unspecified atom stereocenters. The van der Waals surface area contributed by atoms with Gasteiger partial charge in [0.25, 0.3) is 11.9 Å². The molecule has 1 amide bonds. The molecule has 7 nitrogen and oxygen atoms in total. The number of aromatic amines is 1. The van der Waals surface area contributed by atoms with Gasteiger partial charge in [-0.05, 0) is 60.4 Å². The molecule has 5 rings (SSSR count). The van der Waals surface area contributed by atoms with Gasteiger partial charge in [-0.2, -0.15) is 4.98 Å². The largest absolute Gasteiger partial charge is 0.478 e. The lowest BCUT2D eigenvalue weighted by molar-refractivity contribution is 0.0695. The van der Waals surface area contributed by atoms with Gasteiger partial charge in [0.1, 0.15) is 5.75 Å². The van der Waals surface area contributed by atoms with E-state index in [0.717, 1.165) is 23.1 Å². The van der Waals surface area contributed by atoms with Crippen molar-refractivity contribution < 1.29 is 19.4 Å². The number of imidazole rings is 1. The van der Waals surface area contributed by atoms with Crippen LogP contribution in [0.2, 0.25) is 5.02 Å². The Hall–Kier alpha value is -3.84. The van der Waals surface area contributed by atoms with Gasteiger partial charge in [0, 0.05) is 17.7 Å². The number of carboxylic acids is 1.